The summed E-state index contributed by atoms with van der Waals surface area (Å²) in [4.78, 5) is 16.9. The zero-order chi connectivity index (χ0) is 16.6. The standard InChI is InChI=1S/C15H11F3N2OS2/c1-2-23-20-13(19-11-7-8-22-12(11)14(20)21)9-5-3-4-6-10(9)15(16,17)18/h3-8H,2H2,1H3. The third-order valence-corrected chi connectivity index (χ3v) is 4.92. The van der Waals surface area contributed by atoms with Crippen molar-refractivity contribution in [1.82, 2.24) is 8.96 Å². The van der Waals surface area contributed by atoms with Crippen molar-refractivity contribution >= 4 is 33.5 Å². The molecule has 0 aliphatic rings. The molecule has 1 aromatic carbocycles. The number of fused-ring (bicyclic) bond motifs is 1. The first-order valence-corrected chi connectivity index (χ1v) is 8.56. The Balaban J connectivity index is 2.36. The van der Waals surface area contributed by atoms with E-state index >= 15 is 0 Å². The molecule has 0 atom stereocenters. The Kier molecular flexibility index (Phi) is 4.20. The summed E-state index contributed by atoms with van der Waals surface area (Å²) in [6.07, 6.45) is -4.51. The molecule has 3 nitrogen and oxygen atoms in total. The normalized spacial score (nSPS) is 12.0. The van der Waals surface area contributed by atoms with Crippen LogP contribution in [0.5, 0.6) is 0 Å². The van der Waals surface area contributed by atoms with Gasteiger partial charge in [0.1, 0.15) is 4.70 Å². The molecule has 0 aliphatic heterocycles. The highest BCUT2D eigenvalue weighted by Gasteiger charge is 2.34. The second-order valence-electron chi connectivity index (χ2n) is 4.63. The maximum absolute atomic E-state index is 13.3. The van der Waals surface area contributed by atoms with Gasteiger partial charge in [0, 0.05) is 11.3 Å². The lowest BCUT2D eigenvalue weighted by molar-refractivity contribution is -0.137. The summed E-state index contributed by atoms with van der Waals surface area (Å²) < 4.78 is 41.6. The number of hydrogen-bond acceptors (Lipinski definition) is 4. The van der Waals surface area contributed by atoms with E-state index in [9.17, 15) is 18.0 Å². The molecule has 0 fully saturated rings. The zero-order valence-corrected chi connectivity index (χ0v) is 13.6. The molecule has 0 aliphatic carbocycles. The van der Waals surface area contributed by atoms with Crippen molar-refractivity contribution in [2.45, 2.75) is 13.1 Å². The van der Waals surface area contributed by atoms with Crippen LogP contribution in [0.25, 0.3) is 21.6 Å². The average molecular weight is 356 g/mol. The maximum atomic E-state index is 13.3. The van der Waals surface area contributed by atoms with Crippen LogP contribution >= 0.6 is 23.3 Å². The third kappa shape index (κ3) is 2.88. The van der Waals surface area contributed by atoms with Crippen molar-refractivity contribution in [2.75, 3.05) is 5.75 Å². The third-order valence-electron chi connectivity index (χ3n) is 3.17. The van der Waals surface area contributed by atoms with Crippen LogP contribution in [-0.4, -0.2) is 14.7 Å². The van der Waals surface area contributed by atoms with Gasteiger partial charge in [0.05, 0.1) is 11.1 Å². The lowest BCUT2D eigenvalue weighted by Gasteiger charge is -2.15. The molecule has 2 aromatic heterocycles. The van der Waals surface area contributed by atoms with Gasteiger partial charge in [-0.3, -0.25) is 4.79 Å². The summed E-state index contributed by atoms with van der Waals surface area (Å²) in [6, 6.07) is 6.82. The maximum Gasteiger partial charge on any atom is 0.417 e. The average Bonchev–Trinajstić information content (AvgIpc) is 2.98. The highest BCUT2D eigenvalue weighted by molar-refractivity contribution is 7.97. The quantitative estimate of drug-likeness (QED) is 0.685. The number of hydrogen-bond donors (Lipinski definition) is 0. The van der Waals surface area contributed by atoms with Crippen molar-refractivity contribution in [3.05, 3.63) is 51.6 Å². The Morgan fingerprint density at radius 1 is 1.26 bits per heavy atom. The summed E-state index contributed by atoms with van der Waals surface area (Å²) in [7, 11) is 0. The molecule has 0 radical (unpaired) electrons. The Hall–Kier alpha value is -1.80. The molecule has 0 spiro atoms. The van der Waals surface area contributed by atoms with E-state index in [4.69, 9.17) is 0 Å². The van der Waals surface area contributed by atoms with Crippen LogP contribution in [-0.2, 0) is 6.18 Å². The number of nitrogens with zero attached hydrogens (tertiary/aromatic N) is 2. The molecule has 0 unspecified atom stereocenters. The Morgan fingerprint density at radius 2 is 2.00 bits per heavy atom. The van der Waals surface area contributed by atoms with Gasteiger partial charge < -0.3 is 0 Å². The number of alkyl halides is 3. The molecule has 0 N–H and O–H groups in total. The lowest BCUT2D eigenvalue weighted by Crippen LogP contribution is -2.19. The second kappa shape index (κ2) is 6.01. The van der Waals surface area contributed by atoms with Crippen molar-refractivity contribution in [1.29, 1.82) is 0 Å². The Morgan fingerprint density at radius 3 is 2.70 bits per heavy atom. The van der Waals surface area contributed by atoms with Gasteiger partial charge in [0.15, 0.2) is 5.82 Å². The van der Waals surface area contributed by atoms with Gasteiger partial charge in [0.2, 0.25) is 0 Å². The van der Waals surface area contributed by atoms with Gasteiger partial charge in [-0.15, -0.1) is 11.3 Å². The second-order valence-corrected chi connectivity index (χ2v) is 6.75. The fraction of sp³-hybridized carbons (Fsp3) is 0.200. The van der Waals surface area contributed by atoms with Crippen molar-refractivity contribution < 1.29 is 13.2 Å². The number of benzene rings is 1. The van der Waals surface area contributed by atoms with Gasteiger partial charge in [-0.2, -0.15) is 13.2 Å². The molecule has 0 bridgehead atoms. The Bertz CT molecular complexity index is 915. The van der Waals surface area contributed by atoms with E-state index in [1.165, 1.54) is 33.5 Å². The van der Waals surface area contributed by atoms with E-state index in [1.807, 2.05) is 6.92 Å². The van der Waals surface area contributed by atoms with E-state index in [0.29, 0.717) is 16.0 Å². The number of aromatic nitrogens is 2. The van der Waals surface area contributed by atoms with Crippen LogP contribution in [0.1, 0.15) is 12.5 Å². The fourth-order valence-corrected chi connectivity index (χ4v) is 3.79. The molecule has 8 heteroatoms. The first-order valence-electron chi connectivity index (χ1n) is 6.73. The van der Waals surface area contributed by atoms with E-state index in [-0.39, 0.29) is 16.9 Å². The largest absolute Gasteiger partial charge is 0.417 e. The number of rotatable bonds is 3. The van der Waals surface area contributed by atoms with Crippen LogP contribution in [0.15, 0.2) is 40.5 Å². The predicted molar refractivity (Wildman–Crippen MR) is 87.8 cm³/mol. The molecular weight excluding hydrogens is 345 g/mol. The number of thiophene rings is 1. The van der Waals surface area contributed by atoms with Crippen LogP contribution in [0.2, 0.25) is 0 Å². The van der Waals surface area contributed by atoms with Gasteiger partial charge in [-0.25, -0.2) is 8.96 Å². The molecule has 3 rings (SSSR count). The molecule has 0 saturated heterocycles. The molecule has 0 saturated carbocycles. The first kappa shape index (κ1) is 16.1. The van der Waals surface area contributed by atoms with E-state index in [0.717, 1.165) is 18.0 Å². The van der Waals surface area contributed by atoms with E-state index < -0.39 is 11.7 Å². The summed E-state index contributed by atoms with van der Waals surface area (Å²) in [5, 5.41) is 1.71. The smallest absolute Gasteiger partial charge is 0.267 e. The van der Waals surface area contributed by atoms with Gasteiger partial charge in [-0.05, 0) is 29.5 Å². The Labute approximate surface area is 137 Å². The van der Waals surface area contributed by atoms with Gasteiger partial charge in [-0.1, -0.05) is 25.1 Å². The minimum atomic E-state index is -4.51. The highest BCUT2D eigenvalue weighted by atomic mass is 32.2. The van der Waals surface area contributed by atoms with E-state index in [2.05, 4.69) is 4.98 Å². The first-order chi connectivity index (χ1) is 10.9. The van der Waals surface area contributed by atoms with Crippen molar-refractivity contribution in [2.24, 2.45) is 0 Å². The molecular formula is C15H11F3N2OS2. The van der Waals surface area contributed by atoms with Crippen molar-refractivity contribution in [3.63, 3.8) is 0 Å². The number of halogens is 3. The van der Waals surface area contributed by atoms with E-state index in [1.54, 1.807) is 11.4 Å². The van der Waals surface area contributed by atoms with Crippen LogP contribution in [0.4, 0.5) is 13.2 Å². The van der Waals surface area contributed by atoms with Gasteiger partial charge >= 0.3 is 6.18 Å². The SMILES string of the molecule is CCSn1c(-c2ccccc2C(F)(F)F)nc2ccsc2c1=O. The molecule has 0 amide bonds. The highest BCUT2D eigenvalue weighted by Crippen LogP contribution is 2.37. The minimum Gasteiger partial charge on any atom is -0.267 e. The van der Waals surface area contributed by atoms with Crippen LogP contribution in [0, 0.1) is 0 Å². The molecule has 23 heavy (non-hydrogen) atoms. The molecule has 3 aromatic rings. The summed E-state index contributed by atoms with van der Waals surface area (Å²) >= 11 is 2.38. The summed E-state index contributed by atoms with van der Waals surface area (Å²) in [6.45, 7) is 1.83. The molecule has 2 heterocycles. The summed E-state index contributed by atoms with van der Waals surface area (Å²) in [5.41, 5.74) is -0.804. The monoisotopic (exact) mass is 356 g/mol. The topological polar surface area (TPSA) is 34.9 Å². The van der Waals surface area contributed by atoms with Crippen molar-refractivity contribution in [3.8, 4) is 11.4 Å². The predicted octanol–water partition coefficient (Wildman–Crippen LogP) is 4.66. The molecule has 120 valence electrons. The van der Waals surface area contributed by atoms with Crippen LogP contribution in [0.3, 0.4) is 0 Å². The zero-order valence-electron chi connectivity index (χ0n) is 11.9. The lowest BCUT2D eigenvalue weighted by atomic mass is 10.1. The fourth-order valence-electron chi connectivity index (χ4n) is 2.24. The van der Waals surface area contributed by atoms with Crippen LogP contribution < -0.4 is 5.56 Å². The summed E-state index contributed by atoms with van der Waals surface area (Å²) in [5.74, 6) is 0.570. The van der Waals surface area contributed by atoms with Gasteiger partial charge in [0.25, 0.3) is 5.56 Å². The minimum absolute atomic E-state index is 0.0284.